The van der Waals surface area contributed by atoms with Crippen LogP contribution in [0, 0.1) is 5.82 Å². The second kappa shape index (κ2) is 8.52. The van der Waals surface area contributed by atoms with Crippen molar-refractivity contribution in [2.45, 2.75) is 19.2 Å². The first-order valence-electron chi connectivity index (χ1n) is 7.71. The number of carbonyl (C=O) groups excluding carboxylic acids is 2. The smallest absolute Gasteiger partial charge is 0.416 e. The summed E-state index contributed by atoms with van der Waals surface area (Å²) in [6.45, 7) is 0.669. The fraction of sp³-hybridized carbons (Fsp3) is 0.222. The van der Waals surface area contributed by atoms with E-state index in [9.17, 15) is 27.2 Å². The molecule has 2 rings (SSSR count). The average Bonchev–Trinajstić information content (AvgIpc) is 2.61. The SMILES string of the molecule is C[C@H](Oc1ccc(F)cc1)C(=O)OCC(=O)Nc1cccc(C(F)(F)F)c1. The number of amides is 1. The van der Waals surface area contributed by atoms with Crippen LogP contribution in [0.15, 0.2) is 48.5 Å². The Morgan fingerprint density at radius 2 is 1.78 bits per heavy atom. The Bertz CT molecular complexity index is 806. The highest BCUT2D eigenvalue weighted by atomic mass is 19.4. The zero-order valence-corrected chi connectivity index (χ0v) is 14.0. The molecule has 9 heteroatoms. The first kappa shape index (κ1) is 20.2. The Kier molecular flexibility index (Phi) is 6.38. The van der Waals surface area contributed by atoms with Crippen LogP contribution < -0.4 is 10.1 Å². The summed E-state index contributed by atoms with van der Waals surface area (Å²) in [7, 11) is 0. The van der Waals surface area contributed by atoms with Crippen molar-refractivity contribution in [2.24, 2.45) is 0 Å². The zero-order valence-electron chi connectivity index (χ0n) is 14.0. The van der Waals surface area contributed by atoms with Gasteiger partial charge in [0.25, 0.3) is 5.91 Å². The normalized spacial score (nSPS) is 12.2. The van der Waals surface area contributed by atoms with Crippen molar-refractivity contribution in [3.8, 4) is 5.75 Å². The second-order valence-electron chi connectivity index (χ2n) is 5.45. The van der Waals surface area contributed by atoms with Gasteiger partial charge in [-0.15, -0.1) is 0 Å². The molecule has 0 aliphatic heterocycles. The average molecular weight is 385 g/mol. The molecular weight excluding hydrogens is 370 g/mol. The fourth-order valence-electron chi connectivity index (χ4n) is 1.99. The van der Waals surface area contributed by atoms with Gasteiger partial charge in [-0.2, -0.15) is 13.2 Å². The highest BCUT2D eigenvalue weighted by Crippen LogP contribution is 2.30. The lowest BCUT2D eigenvalue weighted by Gasteiger charge is -2.14. The second-order valence-corrected chi connectivity index (χ2v) is 5.45. The van der Waals surface area contributed by atoms with E-state index in [0.717, 1.165) is 30.3 Å². The minimum absolute atomic E-state index is 0.0820. The summed E-state index contributed by atoms with van der Waals surface area (Å²) in [6, 6.07) is 8.98. The molecule has 0 saturated heterocycles. The molecule has 2 aromatic carbocycles. The molecule has 0 aromatic heterocycles. The number of hydrogen-bond donors (Lipinski definition) is 1. The molecule has 5 nitrogen and oxygen atoms in total. The van der Waals surface area contributed by atoms with Crippen LogP contribution in [0.5, 0.6) is 5.75 Å². The number of rotatable bonds is 6. The number of alkyl halides is 3. The maximum Gasteiger partial charge on any atom is 0.416 e. The topological polar surface area (TPSA) is 64.6 Å². The van der Waals surface area contributed by atoms with Crippen LogP contribution in [0.2, 0.25) is 0 Å². The van der Waals surface area contributed by atoms with Gasteiger partial charge in [0.15, 0.2) is 12.7 Å². The maximum absolute atomic E-state index is 12.8. The minimum Gasteiger partial charge on any atom is -0.479 e. The Balaban J connectivity index is 1.84. The highest BCUT2D eigenvalue weighted by Gasteiger charge is 2.30. The van der Waals surface area contributed by atoms with Gasteiger partial charge in [0.05, 0.1) is 5.56 Å². The summed E-state index contributed by atoms with van der Waals surface area (Å²) in [5, 5.41) is 2.21. The predicted octanol–water partition coefficient (Wildman–Crippen LogP) is 3.79. The summed E-state index contributed by atoms with van der Waals surface area (Å²) >= 11 is 0. The van der Waals surface area contributed by atoms with E-state index in [-0.39, 0.29) is 11.4 Å². The number of anilines is 1. The van der Waals surface area contributed by atoms with E-state index < -0.39 is 42.1 Å². The molecule has 0 radical (unpaired) electrons. The van der Waals surface area contributed by atoms with Gasteiger partial charge in [-0.05, 0) is 49.4 Å². The molecule has 0 spiro atoms. The van der Waals surface area contributed by atoms with E-state index >= 15 is 0 Å². The van der Waals surface area contributed by atoms with Crippen LogP contribution in [0.25, 0.3) is 0 Å². The summed E-state index contributed by atoms with van der Waals surface area (Å²) < 4.78 is 60.7. The van der Waals surface area contributed by atoms with E-state index in [0.29, 0.717) is 0 Å². The van der Waals surface area contributed by atoms with Crippen LogP contribution in [0.4, 0.5) is 23.2 Å². The van der Waals surface area contributed by atoms with Crippen molar-refractivity contribution in [3.63, 3.8) is 0 Å². The third kappa shape index (κ3) is 6.28. The van der Waals surface area contributed by atoms with Gasteiger partial charge < -0.3 is 14.8 Å². The van der Waals surface area contributed by atoms with Crippen molar-refractivity contribution < 1.29 is 36.6 Å². The molecule has 0 fully saturated rings. The van der Waals surface area contributed by atoms with E-state index in [2.05, 4.69) is 5.32 Å². The number of nitrogens with one attached hydrogen (secondary N) is 1. The quantitative estimate of drug-likeness (QED) is 0.607. The maximum atomic E-state index is 12.8. The minimum atomic E-state index is -4.54. The van der Waals surface area contributed by atoms with Gasteiger partial charge in [0, 0.05) is 5.69 Å². The van der Waals surface area contributed by atoms with Crippen molar-refractivity contribution in [1.82, 2.24) is 0 Å². The molecule has 0 unspecified atom stereocenters. The van der Waals surface area contributed by atoms with E-state index in [1.165, 1.54) is 25.1 Å². The molecule has 0 aliphatic carbocycles. The molecule has 27 heavy (non-hydrogen) atoms. The van der Waals surface area contributed by atoms with Gasteiger partial charge in [0.2, 0.25) is 0 Å². The van der Waals surface area contributed by atoms with Crippen molar-refractivity contribution in [1.29, 1.82) is 0 Å². The van der Waals surface area contributed by atoms with Crippen LogP contribution in [-0.2, 0) is 20.5 Å². The molecule has 0 saturated carbocycles. The van der Waals surface area contributed by atoms with Crippen molar-refractivity contribution in [2.75, 3.05) is 11.9 Å². The molecule has 0 aliphatic rings. The highest BCUT2D eigenvalue weighted by molar-refractivity contribution is 5.93. The van der Waals surface area contributed by atoms with Crippen LogP contribution in [0.1, 0.15) is 12.5 Å². The Morgan fingerprint density at radius 1 is 1.11 bits per heavy atom. The lowest BCUT2D eigenvalue weighted by atomic mass is 10.2. The predicted molar refractivity (Wildman–Crippen MR) is 87.5 cm³/mol. The molecule has 0 heterocycles. The largest absolute Gasteiger partial charge is 0.479 e. The number of esters is 1. The van der Waals surface area contributed by atoms with Crippen molar-refractivity contribution in [3.05, 3.63) is 59.9 Å². The van der Waals surface area contributed by atoms with Gasteiger partial charge >= 0.3 is 12.1 Å². The molecule has 1 N–H and O–H groups in total. The third-order valence-electron chi connectivity index (χ3n) is 3.28. The van der Waals surface area contributed by atoms with E-state index in [1.54, 1.807) is 0 Å². The lowest BCUT2D eigenvalue weighted by molar-refractivity contribution is -0.153. The molecular formula is C18H15F4NO4. The van der Waals surface area contributed by atoms with Gasteiger partial charge in [-0.3, -0.25) is 4.79 Å². The molecule has 1 amide bonds. The van der Waals surface area contributed by atoms with E-state index in [1.807, 2.05) is 0 Å². The summed E-state index contributed by atoms with van der Waals surface area (Å²) in [6.07, 6.45) is -5.61. The number of carbonyl (C=O) groups is 2. The Hall–Kier alpha value is -3.10. The van der Waals surface area contributed by atoms with Gasteiger partial charge in [-0.1, -0.05) is 6.07 Å². The Labute approximate surface area is 151 Å². The molecule has 144 valence electrons. The summed E-state index contributed by atoms with van der Waals surface area (Å²) in [5.41, 5.74) is -1.000. The standard InChI is InChI=1S/C18H15F4NO4/c1-11(27-15-7-5-13(19)6-8-15)17(25)26-10-16(24)23-14-4-2-3-12(9-14)18(20,21)22/h2-9,11H,10H2,1H3,(H,23,24)/t11-/m0/s1. The number of ether oxygens (including phenoxy) is 2. The monoisotopic (exact) mass is 385 g/mol. The molecule has 0 bridgehead atoms. The fourth-order valence-corrected chi connectivity index (χ4v) is 1.99. The van der Waals surface area contributed by atoms with Crippen LogP contribution in [0.3, 0.4) is 0 Å². The number of benzene rings is 2. The van der Waals surface area contributed by atoms with Crippen LogP contribution >= 0.6 is 0 Å². The number of halogens is 4. The Morgan fingerprint density at radius 3 is 2.41 bits per heavy atom. The van der Waals surface area contributed by atoms with Gasteiger partial charge in [-0.25, -0.2) is 9.18 Å². The van der Waals surface area contributed by atoms with Crippen molar-refractivity contribution >= 4 is 17.6 Å². The lowest BCUT2D eigenvalue weighted by Crippen LogP contribution is -2.29. The summed E-state index contributed by atoms with van der Waals surface area (Å²) in [4.78, 5) is 23.6. The molecule has 2 aromatic rings. The molecule has 1 atom stereocenters. The van der Waals surface area contributed by atoms with Gasteiger partial charge in [0.1, 0.15) is 11.6 Å². The number of hydrogen-bond acceptors (Lipinski definition) is 4. The first-order valence-corrected chi connectivity index (χ1v) is 7.71. The third-order valence-corrected chi connectivity index (χ3v) is 3.28. The first-order chi connectivity index (χ1) is 12.6. The zero-order chi connectivity index (χ0) is 20.0. The van der Waals surface area contributed by atoms with Crippen LogP contribution in [-0.4, -0.2) is 24.6 Å². The summed E-state index contributed by atoms with van der Waals surface area (Å²) in [5.74, 6) is -1.91. The van der Waals surface area contributed by atoms with E-state index in [4.69, 9.17) is 9.47 Å².